The molecule has 19 heavy (non-hydrogen) atoms. The lowest BCUT2D eigenvalue weighted by Gasteiger charge is -2.26. The van der Waals surface area contributed by atoms with Crippen LogP contribution < -0.4 is 5.72 Å². The molecule has 1 aliphatic heterocycles. The quantitative estimate of drug-likeness (QED) is 0.804. The smallest absolute Gasteiger partial charge is 0.215 e. The Kier molecular flexibility index (Phi) is 3.55. The molecule has 8 heteroatoms. The van der Waals surface area contributed by atoms with Gasteiger partial charge in [-0.1, -0.05) is 0 Å². The molecule has 0 bridgehead atoms. The van der Waals surface area contributed by atoms with Crippen LogP contribution in [0.2, 0.25) is 5.82 Å². The Hall–Kier alpha value is -0.985. The third-order valence-corrected chi connectivity index (χ3v) is 3.95. The van der Waals surface area contributed by atoms with E-state index in [1.165, 1.54) is 16.8 Å². The number of hydrogen-bond acceptors (Lipinski definition) is 4. The molecule has 2 aromatic rings. The minimum absolute atomic E-state index is 0.0883. The second-order valence-electron chi connectivity index (χ2n) is 4.68. The highest BCUT2D eigenvalue weighted by molar-refractivity contribution is 9.10. The van der Waals surface area contributed by atoms with Gasteiger partial charge in [0.15, 0.2) is 5.82 Å². The van der Waals surface area contributed by atoms with Crippen molar-refractivity contribution < 1.29 is 14.2 Å². The summed E-state index contributed by atoms with van der Waals surface area (Å²) in [5.41, 5.74) is 0.929. The summed E-state index contributed by atoms with van der Waals surface area (Å²) in [7, 11) is 0.562. The van der Waals surface area contributed by atoms with Crippen molar-refractivity contribution >= 4 is 34.4 Å². The summed E-state index contributed by atoms with van der Waals surface area (Å²) in [5, 5.41) is 14.1. The maximum atomic E-state index is 13.5. The van der Waals surface area contributed by atoms with E-state index >= 15 is 0 Å². The van der Waals surface area contributed by atoms with E-state index in [0.717, 1.165) is 6.42 Å². The largest absolute Gasteiger partial charge is 0.391 e. The lowest BCUT2D eigenvalue weighted by atomic mass is 9.59. The van der Waals surface area contributed by atoms with Crippen molar-refractivity contribution in [3.63, 3.8) is 0 Å². The molecular formula is C11H12BBrFN3O2. The first-order chi connectivity index (χ1) is 9.15. The van der Waals surface area contributed by atoms with E-state index in [-0.39, 0.29) is 11.6 Å². The van der Waals surface area contributed by atoms with Crippen molar-refractivity contribution in [3.05, 3.63) is 22.7 Å². The standard InChI is InChI=1S/C11H12BBrFN3O2/c13-10-3-7(14)8-4-15-11(16-17(8)10)12-6-1-2-19-5-9(6)18/h3-4,6,9,12,18H,1-2,5H2/t6-,9-/m1/s1. The second kappa shape index (κ2) is 5.18. The molecule has 0 radical (unpaired) electrons. The molecule has 0 saturated carbocycles. The number of aliphatic hydroxyl groups excluding tert-OH is 1. The number of nitrogens with zero attached hydrogens (tertiary/aromatic N) is 3. The molecule has 0 unspecified atom stereocenters. The fourth-order valence-electron chi connectivity index (χ4n) is 2.28. The highest BCUT2D eigenvalue weighted by Gasteiger charge is 2.26. The van der Waals surface area contributed by atoms with Crippen LogP contribution >= 0.6 is 15.9 Å². The van der Waals surface area contributed by atoms with E-state index in [0.29, 0.717) is 36.3 Å². The van der Waals surface area contributed by atoms with Gasteiger partial charge in [-0.05, 0) is 28.2 Å². The van der Waals surface area contributed by atoms with E-state index in [4.69, 9.17) is 4.74 Å². The van der Waals surface area contributed by atoms with Gasteiger partial charge in [-0.2, -0.15) is 5.10 Å². The molecule has 100 valence electrons. The van der Waals surface area contributed by atoms with Gasteiger partial charge < -0.3 is 9.84 Å². The minimum Gasteiger partial charge on any atom is -0.391 e. The third-order valence-electron chi connectivity index (χ3n) is 3.38. The zero-order valence-corrected chi connectivity index (χ0v) is 11.7. The van der Waals surface area contributed by atoms with E-state index in [9.17, 15) is 9.50 Å². The zero-order valence-electron chi connectivity index (χ0n) is 10.1. The number of halogens is 2. The predicted molar refractivity (Wildman–Crippen MR) is 72.6 cm³/mol. The van der Waals surface area contributed by atoms with Crippen molar-refractivity contribution in [2.24, 2.45) is 0 Å². The number of aliphatic hydroxyl groups is 1. The Morgan fingerprint density at radius 1 is 1.58 bits per heavy atom. The first-order valence-corrected chi connectivity index (χ1v) is 6.89. The highest BCUT2D eigenvalue weighted by Crippen LogP contribution is 2.20. The van der Waals surface area contributed by atoms with Crippen molar-refractivity contribution in [3.8, 4) is 0 Å². The number of fused-ring (bicyclic) bond motifs is 1. The van der Waals surface area contributed by atoms with Crippen LogP contribution in [0.25, 0.3) is 5.52 Å². The zero-order chi connectivity index (χ0) is 13.4. The molecule has 0 aliphatic carbocycles. The SMILES string of the molecule is O[C@@H]1COCC[C@H]1Bc1ncc2c(F)cc(Br)n2n1. The Morgan fingerprint density at radius 3 is 3.21 bits per heavy atom. The van der Waals surface area contributed by atoms with Gasteiger partial charge in [0, 0.05) is 12.7 Å². The molecular weight excluding hydrogens is 316 g/mol. The number of ether oxygens (including phenoxy) is 1. The van der Waals surface area contributed by atoms with Crippen LogP contribution in [0, 0.1) is 5.82 Å². The summed E-state index contributed by atoms with van der Waals surface area (Å²) in [4.78, 5) is 4.16. The van der Waals surface area contributed by atoms with Gasteiger partial charge in [0.25, 0.3) is 0 Å². The van der Waals surface area contributed by atoms with Crippen molar-refractivity contribution in [2.75, 3.05) is 13.2 Å². The van der Waals surface area contributed by atoms with Crippen LogP contribution in [0.5, 0.6) is 0 Å². The number of rotatable bonds is 2. The molecule has 1 N–H and O–H groups in total. The normalized spacial score (nSPS) is 23.7. The fraction of sp³-hybridized carbons (Fsp3) is 0.455. The number of hydrogen-bond donors (Lipinski definition) is 1. The van der Waals surface area contributed by atoms with Crippen LogP contribution in [0.15, 0.2) is 16.9 Å². The van der Waals surface area contributed by atoms with Crippen molar-refractivity contribution in [1.29, 1.82) is 0 Å². The van der Waals surface area contributed by atoms with Crippen LogP contribution in [0.3, 0.4) is 0 Å². The van der Waals surface area contributed by atoms with Gasteiger partial charge in [-0.3, -0.25) is 0 Å². The van der Waals surface area contributed by atoms with Gasteiger partial charge in [-0.25, -0.2) is 13.9 Å². The summed E-state index contributed by atoms with van der Waals surface area (Å²) < 4.78 is 20.7. The molecule has 1 fully saturated rings. The minimum atomic E-state index is -0.488. The monoisotopic (exact) mass is 327 g/mol. The summed E-state index contributed by atoms with van der Waals surface area (Å²) in [6.45, 7) is 1.00. The fourth-order valence-corrected chi connectivity index (χ4v) is 2.76. The molecule has 5 nitrogen and oxygen atoms in total. The van der Waals surface area contributed by atoms with Crippen LogP contribution in [0.1, 0.15) is 6.42 Å². The summed E-state index contributed by atoms with van der Waals surface area (Å²) in [5.74, 6) is -0.269. The maximum Gasteiger partial charge on any atom is 0.215 e. The predicted octanol–water partition coefficient (Wildman–Crippen LogP) is 0.262. The highest BCUT2D eigenvalue weighted by atomic mass is 79.9. The molecule has 2 atom stereocenters. The van der Waals surface area contributed by atoms with Crippen LogP contribution in [0.4, 0.5) is 4.39 Å². The van der Waals surface area contributed by atoms with E-state index < -0.39 is 6.10 Å². The second-order valence-corrected chi connectivity index (χ2v) is 5.49. The van der Waals surface area contributed by atoms with Crippen LogP contribution in [-0.2, 0) is 4.74 Å². The van der Waals surface area contributed by atoms with E-state index in [1.807, 2.05) is 0 Å². The first kappa shape index (κ1) is 13.0. The van der Waals surface area contributed by atoms with Gasteiger partial charge in [0.1, 0.15) is 15.8 Å². The maximum absolute atomic E-state index is 13.5. The Balaban J connectivity index is 1.86. The van der Waals surface area contributed by atoms with Crippen molar-refractivity contribution in [1.82, 2.24) is 14.6 Å². The first-order valence-electron chi connectivity index (χ1n) is 6.09. The van der Waals surface area contributed by atoms with E-state index in [2.05, 4.69) is 26.0 Å². The molecule has 1 saturated heterocycles. The molecule has 3 heterocycles. The Labute approximate surface area is 118 Å². The molecule has 3 rings (SSSR count). The number of aromatic nitrogens is 3. The molecule has 0 amide bonds. The summed E-state index contributed by atoms with van der Waals surface area (Å²) in [6, 6.07) is 1.36. The Morgan fingerprint density at radius 2 is 2.42 bits per heavy atom. The molecule has 1 aliphatic rings. The topological polar surface area (TPSA) is 59.7 Å². The van der Waals surface area contributed by atoms with Gasteiger partial charge in [0.2, 0.25) is 7.28 Å². The lowest BCUT2D eigenvalue weighted by Crippen LogP contribution is -2.38. The molecule has 2 aromatic heterocycles. The van der Waals surface area contributed by atoms with Crippen molar-refractivity contribution in [2.45, 2.75) is 18.3 Å². The lowest BCUT2D eigenvalue weighted by molar-refractivity contribution is -0.00497. The van der Waals surface area contributed by atoms with Gasteiger partial charge >= 0.3 is 0 Å². The van der Waals surface area contributed by atoms with E-state index in [1.54, 1.807) is 0 Å². The van der Waals surface area contributed by atoms with Gasteiger partial charge in [0.05, 0.1) is 18.9 Å². The Bertz CT molecular complexity index is 609. The summed E-state index contributed by atoms with van der Waals surface area (Å²) >= 11 is 3.25. The average Bonchev–Trinajstić information content (AvgIpc) is 2.68. The molecule has 0 spiro atoms. The molecule has 0 aromatic carbocycles. The summed E-state index contributed by atoms with van der Waals surface area (Å²) in [6.07, 6.45) is 1.76. The van der Waals surface area contributed by atoms with Gasteiger partial charge in [-0.15, -0.1) is 0 Å². The van der Waals surface area contributed by atoms with Crippen LogP contribution in [-0.4, -0.2) is 46.3 Å². The average molecular weight is 328 g/mol. The third kappa shape index (κ3) is 2.52.